The summed E-state index contributed by atoms with van der Waals surface area (Å²) in [5.74, 6) is 3.97. The summed E-state index contributed by atoms with van der Waals surface area (Å²) in [7, 11) is 8.82. The van der Waals surface area contributed by atoms with E-state index in [1.165, 1.54) is 22.3 Å². The van der Waals surface area contributed by atoms with Crippen LogP contribution < -0.4 is 18.9 Å². The maximum Gasteiger partial charge on any atom is 0.223 e. The number of carbonyl (C=O) groups is 1. The fraction of sp³-hybridized carbons (Fsp3) is 0.552. The Morgan fingerprint density at radius 1 is 0.784 bits per heavy atom. The van der Waals surface area contributed by atoms with Crippen LogP contribution in [-0.2, 0) is 30.5 Å². The van der Waals surface area contributed by atoms with Gasteiger partial charge in [-0.3, -0.25) is 4.79 Å². The van der Waals surface area contributed by atoms with E-state index in [0.29, 0.717) is 12.3 Å². The second-order valence-corrected chi connectivity index (χ2v) is 9.95. The maximum atomic E-state index is 13.0. The van der Waals surface area contributed by atoms with Crippen molar-refractivity contribution < 1.29 is 23.7 Å². The molecule has 204 valence electrons. The molecule has 2 aromatic rings. The van der Waals surface area contributed by atoms with Crippen LogP contribution in [0.1, 0.15) is 35.1 Å². The van der Waals surface area contributed by atoms with Gasteiger partial charge in [0.1, 0.15) is 0 Å². The highest BCUT2D eigenvalue weighted by Crippen LogP contribution is 2.37. The Hall–Kier alpha value is -2.64. The Kier molecular flexibility index (Phi) is 10.4. The molecule has 0 N–H and O–H groups in total. The van der Waals surface area contributed by atoms with Crippen LogP contribution in [0.15, 0.2) is 24.3 Å². The number of ether oxygens (including phenoxy) is 4. The van der Waals surface area contributed by atoms with Crippen molar-refractivity contribution in [1.29, 1.82) is 0 Å². The Bertz CT molecular complexity index is 1010. The van der Waals surface area contributed by atoms with Crippen LogP contribution in [0, 0.1) is 5.92 Å². The minimum absolute atomic E-state index is 0. The molecule has 0 radical (unpaired) electrons. The van der Waals surface area contributed by atoms with Crippen molar-refractivity contribution >= 4 is 18.3 Å². The van der Waals surface area contributed by atoms with Crippen LogP contribution in [0.3, 0.4) is 0 Å². The SMILES string of the molecule is COc1cc2c(cc1OC)CCN(C(=O)CCN(C)CCC1Cc3cc(OC)c(OC)cc3C1)CC2.Cl. The van der Waals surface area contributed by atoms with Gasteiger partial charge in [-0.2, -0.15) is 0 Å². The van der Waals surface area contributed by atoms with Crippen molar-refractivity contribution in [1.82, 2.24) is 9.80 Å². The molecule has 2 aliphatic rings. The van der Waals surface area contributed by atoms with Crippen molar-refractivity contribution in [3.05, 3.63) is 46.5 Å². The van der Waals surface area contributed by atoms with E-state index in [0.717, 1.165) is 81.3 Å². The molecule has 0 bridgehead atoms. The van der Waals surface area contributed by atoms with Gasteiger partial charge >= 0.3 is 0 Å². The van der Waals surface area contributed by atoms with Crippen molar-refractivity contribution in [2.45, 2.75) is 38.5 Å². The van der Waals surface area contributed by atoms with Gasteiger partial charge in [-0.05, 0) is 98.1 Å². The molecular weight excluding hydrogens is 492 g/mol. The summed E-state index contributed by atoms with van der Waals surface area (Å²) in [5.41, 5.74) is 5.22. The average Bonchev–Trinajstić information content (AvgIpc) is 3.18. The summed E-state index contributed by atoms with van der Waals surface area (Å²) in [6.07, 6.45) is 5.51. The standard InChI is InChI=1S/C29H40N2O5.ClH/c1-30(10-6-20-14-23-18-27(35-4)28(36-5)19-24(23)15-20)11-9-29(32)31-12-7-21-16-25(33-2)26(34-3)17-22(21)8-13-31;/h16-20H,6-15H2,1-5H3;1H. The van der Waals surface area contributed by atoms with Gasteiger partial charge in [0.2, 0.25) is 5.91 Å². The zero-order chi connectivity index (χ0) is 25.7. The first-order valence-electron chi connectivity index (χ1n) is 12.9. The molecule has 4 rings (SSSR count). The monoisotopic (exact) mass is 532 g/mol. The predicted octanol–water partition coefficient (Wildman–Crippen LogP) is 4.20. The molecule has 0 spiro atoms. The molecular formula is C29H41ClN2O5. The fourth-order valence-corrected chi connectivity index (χ4v) is 5.50. The van der Waals surface area contributed by atoms with E-state index in [9.17, 15) is 4.79 Å². The third-order valence-corrected chi connectivity index (χ3v) is 7.71. The van der Waals surface area contributed by atoms with Gasteiger partial charge in [0, 0.05) is 26.1 Å². The Balaban J connectivity index is 0.00000380. The first-order chi connectivity index (χ1) is 17.4. The lowest BCUT2D eigenvalue weighted by Crippen LogP contribution is -2.35. The zero-order valence-corrected chi connectivity index (χ0v) is 23.6. The third kappa shape index (κ3) is 6.82. The molecule has 0 saturated carbocycles. The number of nitrogens with zero attached hydrogens (tertiary/aromatic N) is 2. The normalized spacial score (nSPS) is 14.9. The lowest BCUT2D eigenvalue weighted by atomic mass is 10.0. The van der Waals surface area contributed by atoms with E-state index in [-0.39, 0.29) is 18.3 Å². The quantitative estimate of drug-likeness (QED) is 0.457. The number of amides is 1. The van der Waals surface area contributed by atoms with Crippen LogP contribution in [0.5, 0.6) is 23.0 Å². The smallest absolute Gasteiger partial charge is 0.223 e. The van der Waals surface area contributed by atoms with Gasteiger partial charge in [0.15, 0.2) is 23.0 Å². The minimum Gasteiger partial charge on any atom is -0.493 e. The molecule has 7 nitrogen and oxygen atoms in total. The lowest BCUT2D eigenvalue weighted by molar-refractivity contribution is -0.131. The highest BCUT2D eigenvalue weighted by Gasteiger charge is 2.25. The second kappa shape index (κ2) is 13.2. The van der Waals surface area contributed by atoms with Crippen LogP contribution in [0.2, 0.25) is 0 Å². The largest absolute Gasteiger partial charge is 0.493 e. The number of rotatable bonds is 10. The Morgan fingerprint density at radius 3 is 1.65 bits per heavy atom. The summed E-state index contributed by atoms with van der Waals surface area (Å²) in [6, 6.07) is 8.37. The summed E-state index contributed by atoms with van der Waals surface area (Å²) >= 11 is 0. The molecule has 2 aromatic carbocycles. The second-order valence-electron chi connectivity index (χ2n) is 9.95. The Labute approximate surface area is 227 Å². The number of carbonyl (C=O) groups excluding carboxylic acids is 1. The molecule has 1 aliphatic carbocycles. The number of benzene rings is 2. The van der Waals surface area contributed by atoms with E-state index >= 15 is 0 Å². The van der Waals surface area contributed by atoms with Gasteiger partial charge in [0.25, 0.3) is 0 Å². The first kappa shape index (κ1) is 28.9. The van der Waals surface area contributed by atoms with Gasteiger partial charge < -0.3 is 28.7 Å². The van der Waals surface area contributed by atoms with E-state index in [4.69, 9.17) is 18.9 Å². The molecule has 0 atom stereocenters. The van der Waals surface area contributed by atoms with E-state index in [1.54, 1.807) is 28.4 Å². The summed E-state index contributed by atoms with van der Waals surface area (Å²) in [6.45, 7) is 3.27. The summed E-state index contributed by atoms with van der Waals surface area (Å²) in [5, 5.41) is 0. The van der Waals surface area contributed by atoms with Crippen LogP contribution in [-0.4, -0.2) is 77.4 Å². The molecule has 8 heteroatoms. The summed E-state index contributed by atoms with van der Waals surface area (Å²) < 4.78 is 21.8. The molecule has 37 heavy (non-hydrogen) atoms. The number of hydrogen-bond acceptors (Lipinski definition) is 6. The first-order valence-corrected chi connectivity index (χ1v) is 12.9. The van der Waals surface area contributed by atoms with E-state index < -0.39 is 0 Å². The highest BCUT2D eigenvalue weighted by molar-refractivity contribution is 5.85. The van der Waals surface area contributed by atoms with Crippen LogP contribution in [0.25, 0.3) is 0 Å². The van der Waals surface area contributed by atoms with Crippen molar-refractivity contribution in [2.24, 2.45) is 5.92 Å². The van der Waals surface area contributed by atoms with Crippen molar-refractivity contribution in [3.8, 4) is 23.0 Å². The molecule has 0 aromatic heterocycles. The van der Waals surface area contributed by atoms with Gasteiger partial charge in [0.05, 0.1) is 28.4 Å². The molecule has 0 fully saturated rings. The molecule has 0 unspecified atom stereocenters. The van der Waals surface area contributed by atoms with Crippen molar-refractivity contribution in [2.75, 3.05) is 61.7 Å². The number of fused-ring (bicyclic) bond motifs is 2. The molecule has 1 amide bonds. The topological polar surface area (TPSA) is 60.5 Å². The lowest BCUT2D eigenvalue weighted by Gasteiger charge is -2.23. The number of hydrogen-bond donors (Lipinski definition) is 0. The third-order valence-electron chi connectivity index (χ3n) is 7.71. The van der Waals surface area contributed by atoms with E-state index in [1.807, 2.05) is 4.90 Å². The Morgan fingerprint density at radius 2 is 1.22 bits per heavy atom. The van der Waals surface area contributed by atoms with Gasteiger partial charge in [-0.15, -0.1) is 12.4 Å². The van der Waals surface area contributed by atoms with E-state index in [2.05, 4.69) is 36.2 Å². The zero-order valence-electron chi connectivity index (χ0n) is 22.8. The highest BCUT2D eigenvalue weighted by atomic mass is 35.5. The van der Waals surface area contributed by atoms with Gasteiger partial charge in [-0.1, -0.05) is 0 Å². The molecule has 1 aliphatic heterocycles. The number of halogens is 1. The molecule has 0 saturated heterocycles. The maximum absolute atomic E-state index is 13.0. The van der Waals surface area contributed by atoms with Crippen LogP contribution >= 0.6 is 12.4 Å². The van der Waals surface area contributed by atoms with Crippen molar-refractivity contribution in [3.63, 3.8) is 0 Å². The predicted molar refractivity (Wildman–Crippen MR) is 148 cm³/mol. The average molecular weight is 533 g/mol. The number of methoxy groups -OCH3 is 4. The molecule has 1 heterocycles. The fourth-order valence-electron chi connectivity index (χ4n) is 5.50. The minimum atomic E-state index is 0. The van der Waals surface area contributed by atoms with Gasteiger partial charge in [-0.25, -0.2) is 0 Å². The summed E-state index contributed by atoms with van der Waals surface area (Å²) in [4.78, 5) is 17.3. The van der Waals surface area contributed by atoms with Crippen LogP contribution in [0.4, 0.5) is 0 Å².